The fourth-order valence-corrected chi connectivity index (χ4v) is 2.50. The molecule has 1 amide bonds. The molecule has 0 aliphatic rings. The number of carbonyl (C=O) groups is 1. The molecule has 110 valence electrons. The van der Waals surface area contributed by atoms with Crippen LogP contribution >= 0.6 is 11.3 Å². The number of hydrogen-bond acceptors (Lipinski definition) is 4. The zero-order valence-corrected chi connectivity index (χ0v) is 13.2. The highest BCUT2D eigenvalue weighted by molar-refractivity contribution is 7.13. The molecule has 0 saturated heterocycles. The number of nitrogens with one attached hydrogen (secondary N) is 1. The average molecular weight is 302 g/mol. The monoisotopic (exact) mass is 302 g/mol. The van der Waals surface area contributed by atoms with Crippen molar-refractivity contribution in [3.8, 4) is 5.75 Å². The summed E-state index contributed by atoms with van der Waals surface area (Å²) in [6.07, 6.45) is 1.63. The van der Waals surface area contributed by atoms with Crippen LogP contribution in [0.25, 0.3) is 0 Å². The fourth-order valence-electron chi connectivity index (χ4n) is 1.75. The van der Waals surface area contributed by atoms with Crippen LogP contribution in [0.1, 0.15) is 20.9 Å². The number of hydrazone groups is 1. The highest BCUT2D eigenvalue weighted by Crippen LogP contribution is 2.20. The first-order valence-electron chi connectivity index (χ1n) is 6.63. The number of amides is 1. The Morgan fingerprint density at radius 3 is 2.81 bits per heavy atom. The van der Waals surface area contributed by atoms with Gasteiger partial charge in [0.15, 0.2) is 6.61 Å². The van der Waals surface area contributed by atoms with Gasteiger partial charge >= 0.3 is 0 Å². The van der Waals surface area contributed by atoms with Crippen molar-refractivity contribution in [1.29, 1.82) is 0 Å². The fraction of sp³-hybridized carbons (Fsp3) is 0.250. The molecule has 0 fully saturated rings. The van der Waals surface area contributed by atoms with Gasteiger partial charge < -0.3 is 4.74 Å². The smallest absolute Gasteiger partial charge is 0.277 e. The summed E-state index contributed by atoms with van der Waals surface area (Å²) in [5.74, 6) is 0.448. The lowest BCUT2D eigenvalue weighted by atomic mass is 10.1. The van der Waals surface area contributed by atoms with Crippen molar-refractivity contribution < 1.29 is 9.53 Å². The Morgan fingerprint density at radius 2 is 2.10 bits per heavy atom. The minimum absolute atomic E-state index is 0.0505. The van der Waals surface area contributed by atoms with Crippen LogP contribution in [-0.4, -0.2) is 18.7 Å². The first kappa shape index (κ1) is 15.3. The number of benzene rings is 1. The van der Waals surface area contributed by atoms with Crippen LogP contribution in [0.3, 0.4) is 0 Å². The van der Waals surface area contributed by atoms with Gasteiger partial charge in [0.1, 0.15) is 5.75 Å². The normalized spacial score (nSPS) is 10.8. The molecule has 0 aliphatic carbocycles. The summed E-state index contributed by atoms with van der Waals surface area (Å²) in [7, 11) is 0. The van der Waals surface area contributed by atoms with E-state index in [-0.39, 0.29) is 12.5 Å². The highest BCUT2D eigenvalue weighted by atomic mass is 32.1. The number of nitrogens with zero attached hydrogens (tertiary/aromatic N) is 1. The van der Waals surface area contributed by atoms with Gasteiger partial charge in [-0.15, -0.1) is 11.3 Å². The molecule has 5 heteroatoms. The van der Waals surface area contributed by atoms with Crippen LogP contribution in [0.15, 0.2) is 35.4 Å². The summed E-state index contributed by atoms with van der Waals surface area (Å²) in [5, 5.41) is 3.91. The summed E-state index contributed by atoms with van der Waals surface area (Å²) in [4.78, 5) is 13.9. The van der Waals surface area contributed by atoms with Crippen LogP contribution in [0.5, 0.6) is 5.75 Å². The van der Waals surface area contributed by atoms with E-state index in [4.69, 9.17) is 4.74 Å². The first-order valence-corrected chi connectivity index (χ1v) is 7.45. The number of carbonyl (C=O) groups excluding carboxylic acids is 1. The van der Waals surface area contributed by atoms with Gasteiger partial charge in [-0.2, -0.15) is 5.10 Å². The Hall–Kier alpha value is -2.14. The number of thiophene rings is 1. The number of hydrogen-bond donors (Lipinski definition) is 1. The lowest BCUT2D eigenvalue weighted by molar-refractivity contribution is -0.123. The Morgan fingerprint density at radius 1 is 1.29 bits per heavy atom. The topological polar surface area (TPSA) is 50.7 Å². The van der Waals surface area contributed by atoms with Crippen LogP contribution in [0.4, 0.5) is 0 Å². The van der Waals surface area contributed by atoms with Gasteiger partial charge in [-0.3, -0.25) is 4.79 Å². The molecular formula is C16H18N2O2S. The van der Waals surface area contributed by atoms with Gasteiger partial charge in [0.05, 0.1) is 6.21 Å². The summed E-state index contributed by atoms with van der Waals surface area (Å²) >= 11 is 1.62. The van der Waals surface area contributed by atoms with Crippen molar-refractivity contribution in [2.75, 3.05) is 6.61 Å². The largest absolute Gasteiger partial charge is 0.483 e. The molecule has 1 N–H and O–H groups in total. The van der Waals surface area contributed by atoms with Crippen molar-refractivity contribution in [3.63, 3.8) is 0 Å². The van der Waals surface area contributed by atoms with Crippen LogP contribution in [0.2, 0.25) is 0 Å². The molecular weight excluding hydrogens is 284 g/mol. The van der Waals surface area contributed by atoms with E-state index in [0.717, 1.165) is 21.8 Å². The molecule has 0 saturated carbocycles. The van der Waals surface area contributed by atoms with Crippen LogP contribution in [-0.2, 0) is 4.79 Å². The molecule has 0 aliphatic heterocycles. The van der Waals surface area contributed by atoms with Crippen LogP contribution in [0, 0.1) is 20.8 Å². The third kappa shape index (κ3) is 4.43. The summed E-state index contributed by atoms with van der Waals surface area (Å²) in [6.45, 7) is 5.96. The Kier molecular flexibility index (Phi) is 5.11. The molecule has 2 rings (SSSR count). The molecule has 21 heavy (non-hydrogen) atoms. The molecule has 1 aromatic carbocycles. The second-order valence-corrected chi connectivity index (χ2v) is 6.05. The standard InChI is InChI=1S/C16H18N2O2S/c1-11-5-4-6-15(13(11)3)20-10-16(19)18-17-9-14-8-7-12(2)21-14/h4-9H,10H2,1-3H3,(H,18,19)/b17-9+. The van der Waals surface area contributed by atoms with Crippen molar-refractivity contribution in [1.82, 2.24) is 5.43 Å². The van der Waals surface area contributed by atoms with E-state index in [1.807, 2.05) is 51.1 Å². The Labute approximate surface area is 128 Å². The van der Waals surface area contributed by atoms with E-state index >= 15 is 0 Å². The van der Waals surface area contributed by atoms with E-state index in [9.17, 15) is 4.79 Å². The minimum atomic E-state index is -0.277. The van der Waals surface area contributed by atoms with E-state index in [0.29, 0.717) is 0 Å². The Balaban J connectivity index is 1.82. The molecule has 1 aromatic heterocycles. The number of rotatable bonds is 5. The molecule has 0 atom stereocenters. The maximum absolute atomic E-state index is 11.7. The molecule has 0 bridgehead atoms. The highest BCUT2D eigenvalue weighted by Gasteiger charge is 2.05. The van der Waals surface area contributed by atoms with Gasteiger partial charge in [0.2, 0.25) is 0 Å². The third-order valence-corrected chi connectivity index (χ3v) is 3.99. The van der Waals surface area contributed by atoms with E-state index in [1.165, 1.54) is 4.88 Å². The number of aryl methyl sites for hydroxylation is 2. The second kappa shape index (κ2) is 7.04. The van der Waals surface area contributed by atoms with Crippen molar-refractivity contribution in [2.45, 2.75) is 20.8 Å². The predicted molar refractivity (Wildman–Crippen MR) is 86.2 cm³/mol. The summed E-state index contributed by atoms with van der Waals surface area (Å²) < 4.78 is 5.50. The van der Waals surface area contributed by atoms with E-state index in [2.05, 4.69) is 10.5 Å². The lowest BCUT2D eigenvalue weighted by Gasteiger charge is -2.09. The minimum Gasteiger partial charge on any atom is -0.483 e. The zero-order valence-electron chi connectivity index (χ0n) is 12.3. The Bertz CT molecular complexity index is 662. The maximum Gasteiger partial charge on any atom is 0.277 e. The van der Waals surface area contributed by atoms with Gasteiger partial charge in [-0.1, -0.05) is 12.1 Å². The van der Waals surface area contributed by atoms with Gasteiger partial charge in [-0.05, 0) is 50.1 Å². The lowest BCUT2D eigenvalue weighted by Crippen LogP contribution is -2.24. The quantitative estimate of drug-likeness (QED) is 0.681. The molecule has 0 unspecified atom stereocenters. The molecule has 1 heterocycles. The van der Waals surface area contributed by atoms with Gasteiger partial charge in [-0.25, -0.2) is 5.43 Å². The first-order chi connectivity index (χ1) is 10.1. The van der Waals surface area contributed by atoms with Crippen LogP contribution < -0.4 is 10.2 Å². The molecule has 4 nitrogen and oxygen atoms in total. The van der Waals surface area contributed by atoms with E-state index in [1.54, 1.807) is 17.6 Å². The van der Waals surface area contributed by atoms with Gasteiger partial charge in [0.25, 0.3) is 5.91 Å². The van der Waals surface area contributed by atoms with Crippen molar-refractivity contribution in [2.24, 2.45) is 5.10 Å². The number of ether oxygens (including phenoxy) is 1. The van der Waals surface area contributed by atoms with Crippen molar-refractivity contribution in [3.05, 3.63) is 51.2 Å². The zero-order chi connectivity index (χ0) is 15.2. The molecule has 0 spiro atoms. The molecule has 0 radical (unpaired) electrons. The van der Waals surface area contributed by atoms with E-state index < -0.39 is 0 Å². The third-order valence-electron chi connectivity index (χ3n) is 3.06. The van der Waals surface area contributed by atoms with Crippen molar-refractivity contribution >= 4 is 23.5 Å². The summed E-state index contributed by atoms with van der Waals surface area (Å²) in [5.41, 5.74) is 4.64. The maximum atomic E-state index is 11.7. The molecule has 2 aromatic rings. The predicted octanol–water partition coefficient (Wildman–Crippen LogP) is 3.20. The van der Waals surface area contributed by atoms with Gasteiger partial charge in [0, 0.05) is 9.75 Å². The second-order valence-electron chi connectivity index (χ2n) is 4.73. The summed E-state index contributed by atoms with van der Waals surface area (Å²) in [6, 6.07) is 9.75. The SMILES string of the molecule is Cc1ccc(/C=N/NC(=O)COc2cccc(C)c2C)s1. The average Bonchev–Trinajstić information content (AvgIpc) is 2.86.